The summed E-state index contributed by atoms with van der Waals surface area (Å²) in [5.41, 5.74) is 5.00. The number of carbonyl (C=O) groups is 1. The van der Waals surface area contributed by atoms with E-state index in [2.05, 4.69) is 21.7 Å². The topological polar surface area (TPSA) is 82.9 Å². The molecule has 7 heteroatoms. The summed E-state index contributed by atoms with van der Waals surface area (Å²) in [5, 5.41) is 18.7. The summed E-state index contributed by atoms with van der Waals surface area (Å²) in [4.78, 5) is 11.4. The fraction of sp³-hybridized carbons (Fsp3) is 0.0500. The molecular formula is C20H16N4O2S. The number of benzene rings is 3. The van der Waals surface area contributed by atoms with E-state index < -0.39 is 5.97 Å². The van der Waals surface area contributed by atoms with Crippen LogP contribution in [0.3, 0.4) is 0 Å². The van der Waals surface area contributed by atoms with Gasteiger partial charge in [0.15, 0.2) is 5.82 Å². The first-order valence-corrected chi connectivity index (χ1v) is 8.76. The predicted molar refractivity (Wildman–Crippen MR) is 107 cm³/mol. The van der Waals surface area contributed by atoms with Gasteiger partial charge in [-0.3, -0.25) is 0 Å². The first-order chi connectivity index (χ1) is 13.1. The normalized spacial score (nSPS) is 10.8. The van der Waals surface area contributed by atoms with E-state index in [1.165, 1.54) is 0 Å². The first-order valence-electron chi connectivity index (χ1n) is 8.35. The van der Waals surface area contributed by atoms with E-state index in [0.717, 1.165) is 16.3 Å². The summed E-state index contributed by atoms with van der Waals surface area (Å²) in [6.45, 7) is 0.302. The number of carboxylic acid groups (broad SMARTS) is 1. The summed E-state index contributed by atoms with van der Waals surface area (Å²) < 4.78 is 2.07. The Bertz CT molecular complexity index is 1200. The third-order valence-corrected chi connectivity index (χ3v) is 4.63. The average Bonchev–Trinajstić information content (AvgIpc) is 3.06. The lowest BCUT2D eigenvalue weighted by atomic mass is 10.1. The summed E-state index contributed by atoms with van der Waals surface area (Å²) in [6.07, 6.45) is 0. The van der Waals surface area contributed by atoms with E-state index in [1.807, 2.05) is 42.5 Å². The maximum absolute atomic E-state index is 11.4. The van der Waals surface area contributed by atoms with Gasteiger partial charge in [-0.2, -0.15) is 5.10 Å². The van der Waals surface area contributed by atoms with Gasteiger partial charge in [0.2, 0.25) is 4.77 Å². The Hall–Kier alpha value is -3.45. The number of aromatic carboxylic acids is 1. The van der Waals surface area contributed by atoms with E-state index in [9.17, 15) is 9.90 Å². The lowest BCUT2D eigenvalue weighted by Crippen LogP contribution is -2.17. The number of aromatic nitrogens is 3. The van der Waals surface area contributed by atoms with Crippen molar-refractivity contribution in [2.75, 3.05) is 5.43 Å². The molecule has 0 amide bonds. The molecule has 4 aromatic rings. The zero-order valence-corrected chi connectivity index (χ0v) is 15.0. The largest absolute Gasteiger partial charge is 0.478 e. The van der Waals surface area contributed by atoms with Crippen molar-refractivity contribution in [2.45, 2.75) is 6.54 Å². The van der Waals surface area contributed by atoms with Crippen LogP contribution in [-0.2, 0) is 6.54 Å². The molecular weight excluding hydrogens is 360 g/mol. The molecule has 3 aromatic carbocycles. The van der Waals surface area contributed by atoms with Crippen molar-refractivity contribution in [2.24, 2.45) is 0 Å². The molecule has 0 fully saturated rings. The number of fused-ring (bicyclic) bond motifs is 1. The molecule has 1 heterocycles. The fourth-order valence-electron chi connectivity index (χ4n) is 3.01. The molecule has 4 rings (SSSR count). The van der Waals surface area contributed by atoms with Gasteiger partial charge in [-0.15, -0.1) is 0 Å². The molecule has 3 N–H and O–H groups in total. The number of nitrogens with zero attached hydrogens (tertiary/aromatic N) is 2. The van der Waals surface area contributed by atoms with Crippen molar-refractivity contribution in [3.05, 3.63) is 82.6 Å². The molecule has 6 nitrogen and oxygen atoms in total. The zero-order valence-electron chi connectivity index (χ0n) is 14.2. The van der Waals surface area contributed by atoms with Gasteiger partial charge in [-0.05, 0) is 40.7 Å². The molecule has 134 valence electrons. The third kappa shape index (κ3) is 3.32. The highest BCUT2D eigenvalue weighted by atomic mass is 32.1. The van der Waals surface area contributed by atoms with E-state index in [0.29, 0.717) is 22.7 Å². The number of hydrogen-bond donors (Lipinski definition) is 3. The minimum atomic E-state index is -0.960. The minimum Gasteiger partial charge on any atom is -0.478 e. The van der Waals surface area contributed by atoms with Gasteiger partial charge in [0.25, 0.3) is 0 Å². The Balaban J connectivity index is 1.68. The molecule has 0 spiro atoms. The van der Waals surface area contributed by atoms with Crippen LogP contribution in [0.1, 0.15) is 15.9 Å². The highest BCUT2D eigenvalue weighted by molar-refractivity contribution is 7.71. The van der Waals surface area contributed by atoms with Crippen LogP contribution in [0, 0.1) is 4.77 Å². The van der Waals surface area contributed by atoms with Crippen LogP contribution in [0.15, 0.2) is 66.7 Å². The molecule has 0 atom stereocenters. The molecule has 0 radical (unpaired) electrons. The van der Waals surface area contributed by atoms with E-state index >= 15 is 0 Å². The fourth-order valence-corrected chi connectivity index (χ4v) is 3.21. The van der Waals surface area contributed by atoms with Crippen molar-refractivity contribution in [1.82, 2.24) is 14.9 Å². The number of H-pyrrole nitrogens is 1. The van der Waals surface area contributed by atoms with Crippen LogP contribution in [0.2, 0.25) is 0 Å². The van der Waals surface area contributed by atoms with Crippen molar-refractivity contribution >= 4 is 29.0 Å². The number of rotatable bonds is 5. The van der Waals surface area contributed by atoms with E-state index in [-0.39, 0.29) is 5.56 Å². The van der Waals surface area contributed by atoms with Crippen LogP contribution in [0.5, 0.6) is 0 Å². The van der Waals surface area contributed by atoms with Crippen LogP contribution in [-0.4, -0.2) is 25.9 Å². The van der Waals surface area contributed by atoms with Crippen molar-refractivity contribution in [3.8, 4) is 11.4 Å². The Kier molecular flexibility index (Phi) is 4.43. The third-order valence-electron chi connectivity index (χ3n) is 4.36. The summed E-state index contributed by atoms with van der Waals surface area (Å²) in [6, 6.07) is 21.0. The van der Waals surface area contributed by atoms with Gasteiger partial charge in [0.1, 0.15) is 0 Å². The standard InChI is InChI=1S/C20H16N4O2S/c25-19(26)17-8-4-3-7-16(17)12-21-24-18(22-23-20(24)27)15-10-9-13-5-1-2-6-14(13)11-15/h1-11,21H,12H2,(H,23,27)(H,25,26). The van der Waals surface area contributed by atoms with Gasteiger partial charge in [0.05, 0.1) is 12.1 Å². The number of aromatic amines is 1. The van der Waals surface area contributed by atoms with Gasteiger partial charge in [-0.1, -0.05) is 54.6 Å². The summed E-state index contributed by atoms with van der Waals surface area (Å²) >= 11 is 5.33. The number of hydrogen-bond acceptors (Lipinski definition) is 4. The monoisotopic (exact) mass is 376 g/mol. The molecule has 1 aromatic heterocycles. The van der Waals surface area contributed by atoms with Gasteiger partial charge in [-0.25, -0.2) is 14.6 Å². The summed E-state index contributed by atoms with van der Waals surface area (Å²) in [5.74, 6) is -0.323. The Labute approximate surface area is 160 Å². The highest BCUT2D eigenvalue weighted by Crippen LogP contribution is 2.23. The van der Waals surface area contributed by atoms with Crippen LogP contribution >= 0.6 is 12.2 Å². The second-order valence-electron chi connectivity index (χ2n) is 6.05. The highest BCUT2D eigenvalue weighted by Gasteiger charge is 2.12. The SMILES string of the molecule is O=C(O)c1ccccc1CNn1c(-c2ccc3ccccc3c2)n[nH]c1=S. The van der Waals surface area contributed by atoms with E-state index in [1.54, 1.807) is 22.9 Å². The predicted octanol–water partition coefficient (Wildman–Crippen LogP) is 4.20. The lowest BCUT2D eigenvalue weighted by Gasteiger charge is -2.12. The van der Waals surface area contributed by atoms with Gasteiger partial charge < -0.3 is 10.5 Å². The summed E-state index contributed by atoms with van der Waals surface area (Å²) in [7, 11) is 0. The molecule has 27 heavy (non-hydrogen) atoms. The molecule has 0 bridgehead atoms. The lowest BCUT2D eigenvalue weighted by molar-refractivity contribution is 0.0695. The smallest absolute Gasteiger partial charge is 0.336 e. The zero-order chi connectivity index (χ0) is 18.8. The number of nitrogens with one attached hydrogen (secondary N) is 2. The van der Waals surface area contributed by atoms with Crippen molar-refractivity contribution < 1.29 is 9.90 Å². The maximum atomic E-state index is 11.4. The minimum absolute atomic E-state index is 0.257. The van der Waals surface area contributed by atoms with Crippen molar-refractivity contribution in [1.29, 1.82) is 0 Å². The molecule has 0 aliphatic carbocycles. The second kappa shape index (κ2) is 7.05. The van der Waals surface area contributed by atoms with Gasteiger partial charge >= 0.3 is 5.97 Å². The van der Waals surface area contributed by atoms with Crippen LogP contribution in [0.4, 0.5) is 0 Å². The quantitative estimate of drug-likeness (QED) is 0.455. The average molecular weight is 376 g/mol. The molecule has 0 aliphatic rings. The van der Waals surface area contributed by atoms with Crippen LogP contribution < -0.4 is 5.43 Å². The second-order valence-corrected chi connectivity index (χ2v) is 6.43. The molecule has 0 saturated heterocycles. The number of carboxylic acids is 1. The van der Waals surface area contributed by atoms with Crippen molar-refractivity contribution in [3.63, 3.8) is 0 Å². The Morgan fingerprint density at radius 2 is 1.81 bits per heavy atom. The van der Waals surface area contributed by atoms with E-state index in [4.69, 9.17) is 12.2 Å². The van der Waals surface area contributed by atoms with Crippen LogP contribution in [0.25, 0.3) is 22.2 Å². The molecule has 0 aliphatic heterocycles. The molecule has 0 unspecified atom stereocenters. The maximum Gasteiger partial charge on any atom is 0.336 e. The van der Waals surface area contributed by atoms with Gasteiger partial charge in [0, 0.05) is 5.56 Å². The first kappa shape index (κ1) is 17.0. The Morgan fingerprint density at radius 1 is 1.07 bits per heavy atom. The molecule has 0 saturated carbocycles. The Morgan fingerprint density at radius 3 is 2.63 bits per heavy atom.